The van der Waals surface area contributed by atoms with Crippen LogP contribution < -0.4 is 15.8 Å². The zero-order chi connectivity index (χ0) is 41.6. The fraction of sp³-hybridized carbons (Fsp3) is 0.371. The largest absolute Gasteiger partial charge is 0.472 e. The lowest BCUT2D eigenvalue weighted by molar-refractivity contribution is -0.135. The molecule has 6 heterocycles. The van der Waals surface area contributed by atoms with Crippen molar-refractivity contribution in [3.8, 4) is 5.75 Å². The molecule has 11 atom stereocenters. The molecule has 4 N–H and O–H groups in total. The second-order valence-electron chi connectivity index (χ2n) is 13.7. The summed E-state index contributed by atoms with van der Waals surface area (Å²) in [7, 11) is -5.25. The Hall–Kier alpha value is -4.47. The van der Waals surface area contributed by atoms with Gasteiger partial charge in [-0.2, -0.15) is 0 Å². The standard InChI is InChI=1S/C35H34F2N6O13P2S/c1-17-2-6-19(7-3-17)35(46)52-20-8-4-18(5-9-20)14-59-58(49)51-13-23-29(26(37)28(53-23)21-10-11-24(44)42-33(21)45)55-57(47,48)50-12-22-25(36)30(56-58)34(54-22)43-16-41-27-31(38)39-15-40-32(27)43/h2-11,15-16,21-23,25-26,28-30,34H,12-14H2,1H3,(H,47,48)(H2,38,39,40)(H,42,44,45)/t21?,22-,23-,25-,26+,28+,29-,30-,34-,58-/m1/s1. The Labute approximate surface area is 336 Å². The number of carbonyl (C=O) groups is 3. The molecule has 2 aromatic carbocycles. The first-order valence-corrected chi connectivity index (χ1v) is 22.5. The maximum absolute atomic E-state index is 16.5. The van der Waals surface area contributed by atoms with Crippen LogP contribution in [0, 0.1) is 12.8 Å². The zero-order valence-corrected chi connectivity index (χ0v) is 33.1. The Kier molecular flexibility index (Phi) is 11.6. The number of phosphoric ester groups is 1. The van der Waals surface area contributed by atoms with E-state index in [9.17, 15) is 28.4 Å². The smallest absolute Gasteiger partial charge is 0.423 e. The second kappa shape index (κ2) is 16.5. The second-order valence-corrected chi connectivity index (χ2v) is 19.2. The molecule has 4 aliphatic heterocycles. The van der Waals surface area contributed by atoms with Gasteiger partial charge in [0.05, 0.1) is 31.0 Å². The summed E-state index contributed by atoms with van der Waals surface area (Å²) in [6.07, 6.45) is -10.2. The summed E-state index contributed by atoms with van der Waals surface area (Å²) in [6, 6.07) is 13.0. The molecule has 3 fully saturated rings. The van der Waals surface area contributed by atoms with Gasteiger partial charge in [0, 0.05) is 11.8 Å². The van der Waals surface area contributed by atoms with E-state index < -0.39 is 101 Å². The van der Waals surface area contributed by atoms with E-state index in [4.69, 9.17) is 38.0 Å². The Balaban J connectivity index is 1.09. The third kappa shape index (κ3) is 8.74. The van der Waals surface area contributed by atoms with Crippen molar-refractivity contribution in [3.05, 3.63) is 90.0 Å². The van der Waals surface area contributed by atoms with Crippen LogP contribution >= 0.6 is 26.0 Å². The fourth-order valence-corrected chi connectivity index (χ4v) is 11.0. The molecular formula is C35H34F2N6O13P2S. The number of phosphoric acid groups is 1. The summed E-state index contributed by atoms with van der Waals surface area (Å²) in [4.78, 5) is 60.0. The van der Waals surface area contributed by atoms with E-state index in [1.807, 2.05) is 12.2 Å². The molecule has 2 aromatic heterocycles. The first kappa shape index (κ1) is 41.3. The summed E-state index contributed by atoms with van der Waals surface area (Å²) in [5.41, 5.74) is 8.00. The maximum atomic E-state index is 16.5. The van der Waals surface area contributed by atoms with Crippen LogP contribution in [0.3, 0.4) is 0 Å². The van der Waals surface area contributed by atoms with Gasteiger partial charge in [0.1, 0.15) is 48.1 Å². The Morgan fingerprint density at radius 2 is 1.71 bits per heavy atom. The molecule has 2 bridgehead atoms. The van der Waals surface area contributed by atoms with E-state index in [1.54, 1.807) is 36.4 Å². The molecule has 2 amide bonds. The molecule has 0 saturated carbocycles. The monoisotopic (exact) mass is 878 g/mol. The van der Waals surface area contributed by atoms with Crippen LogP contribution in [0.15, 0.2) is 73.3 Å². The number of hydrogen-bond donors (Lipinski definition) is 3. The van der Waals surface area contributed by atoms with Gasteiger partial charge in [0.25, 0.3) is 0 Å². The lowest BCUT2D eigenvalue weighted by Crippen LogP contribution is -2.45. The number of anilines is 1. The van der Waals surface area contributed by atoms with Crippen LogP contribution in [0.4, 0.5) is 14.6 Å². The number of carbonyl (C=O) groups excluding carboxylic acids is 3. The predicted octanol–water partition coefficient (Wildman–Crippen LogP) is 4.07. The molecule has 2 unspecified atom stereocenters. The Morgan fingerprint density at radius 1 is 0.966 bits per heavy atom. The zero-order valence-electron chi connectivity index (χ0n) is 30.5. The van der Waals surface area contributed by atoms with E-state index in [2.05, 4.69) is 15.0 Å². The highest BCUT2D eigenvalue weighted by atomic mass is 32.7. The molecule has 19 nitrogen and oxygen atoms in total. The van der Waals surface area contributed by atoms with Crippen LogP contribution in [-0.4, -0.2) is 98.3 Å². The molecule has 59 heavy (non-hydrogen) atoms. The number of hydrogen-bond acceptors (Lipinski definition) is 17. The molecule has 312 valence electrons. The third-order valence-corrected chi connectivity index (χ3v) is 14.4. The van der Waals surface area contributed by atoms with Gasteiger partial charge in [0.2, 0.25) is 11.8 Å². The van der Waals surface area contributed by atoms with E-state index >= 15 is 8.78 Å². The predicted molar refractivity (Wildman–Crippen MR) is 201 cm³/mol. The molecule has 4 aliphatic rings. The highest BCUT2D eigenvalue weighted by molar-refractivity contribution is 8.54. The number of alkyl halides is 2. The van der Waals surface area contributed by atoms with Crippen LogP contribution in [0.5, 0.6) is 5.75 Å². The third-order valence-electron chi connectivity index (χ3n) is 9.72. The number of imidazole rings is 1. The number of nitrogens with zero attached hydrogens (tertiary/aromatic N) is 4. The van der Waals surface area contributed by atoms with E-state index in [-0.39, 0.29) is 28.5 Å². The number of halogens is 2. The quantitative estimate of drug-likeness (QED) is 0.102. The van der Waals surface area contributed by atoms with Crippen molar-refractivity contribution in [3.63, 3.8) is 0 Å². The highest BCUT2D eigenvalue weighted by Crippen LogP contribution is 2.65. The van der Waals surface area contributed by atoms with Crippen molar-refractivity contribution < 1.29 is 69.5 Å². The molecule has 0 radical (unpaired) electrons. The van der Waals surface area contributed by atoms with Crippen LogP contribution in [-0.2, 0) is 52.0 Å². The van der Waals surface area contributed by atoms with Crippen LogP contribution in [0.25, 0.3) is 11.2 Å². The van der Waals surface area contributed by atoms with Crippen molar-refractivity contribution in [2.24, 2.45) is 5.92 Å². The minimum Gasteiger partial charge on any atom is -0.423 e. The van der Waals surface area contributed by atoms with Crippen LogP contribution in [0.2, 0.25) is 0 Å². The number of aromatic nitrogens is 4. The molecule has 24 heteroatoms. The number of nitrogen functional groups attached to an aromatic ring is 1. The molecular weight excluding hydrogens is 844 g/mol. The van der Waals surface area contributed by atoms with Crippen molar-refractivity contribution in [2.75, 3.05) is 18.9 Å². The number of rotatable bonds is 7. The molecule has 0 spiro atoms. The first-order valence-electron chi connectivity index (χ1n) is 17.8. The Morgan fingerprint density at radius 3 is 2.46 bits per heavy atom. The van der Waals surface area contributed by atoms with Crippen molar-refractivity contribution in [1.29, 1.82) is 0 Å². The average molecular weight is 879 g/mol. The summed E-state index contributed by atoms with van der Waals surface area (Å²) < 4.78 is 101. The van der Waals surface area contributed by atoms with Gasteiger partial charge in [-0.15, -0.1) is 0 Å². The Bertz CT molecular complexity index is 2390. The lowest BCUT2D eigenvalue weighted by Gasteiger charge is -2.27. The minimum absolute atomic E-state index is 0.00899. The number of esters is 1. The van der Waals surface area contributed by atoms with Gasteiger partial charge in [-0.3, -0.25) is 37.6 Å². The number of benzene rings is 2. The summed E-state index contributed by atoms with van der Waals surface area (Å²) in [6.45, 7) is -4.54. The van der Waals surface area contributed by atoms with E-state index in [0.717, 1.165) is 24.0 Å². The number of ether oxygens (including phenoxy) is 3. The molecule has 4 aromatic rings. The average Bonchev–Trinajstić information content (AvgIpc) is 3.86. The van der Waals surface area contributed by atoms with Crippen LogP contribution in [0.1, 0.15) is 27.7 Å². The molecule has 8 rings (SSSR count). The first-order chi connectivity index (χ1) is 28.2. The van der Waals surface area contributed by atoms with Gasteiger partial charge in [0.15, 0.2) is 30.0 Å². The van der Waals surface area contributed by atoms with Crippen molar-refractivity contribution in [2.45, 2.75) is 61.8 Å². The fourth-order valence-electron chi connectivity index (χ4n) is 6.72. The number of nitrogens with two attached hydrogens (primary N) is 1. The maximum Gasteiger partial charge on any atom is 0.472 e. The lowest BCUT2D eigenvalue weighted by atomic mass is 9.94. The number of imide groups is 1. The highest BCUT2D eigenvalue weighted by Gasteiger charge is 2.56. The minimum atomic E-state index is -5.25. The van der Waals surface area contributed by atoms with Crippen molar-refractivity contribution in [1.82, 2.24) is 24.8 Å². The van der Waals surface area contributed by atoms with E-state index in [0.29, 0.717) is 22.5 Å². The summed E-state index contributed by atoms with van der Waals surface area (Å²) in [5.74, 6) is -3.51. The topological polar surface area (TPSA) is 252 Å². The van der Waals surface area contributed by atoms with Crippen molar-refractivity contribution >= 4 is 60.8 Å². The SMILES string of the molecule is Cc1ccc(C(=O)Oc2ccc(CS[P@]3(=O)OC[C@H]4O[C@@H](C5C=CC(=O)NC5=O)[C@H](F)[C@@H]4OP(=O)(O)OC[C@H]4O[C@@H](n5cnc6c(N)ncnc65)[C@H](O3)[C@@H]4F)cc2)cc1. The number of fused-ring (bicyclic) bond motifs is 4. The van der Waals surface area contributed by atoms with E-state index in [1.165, 1.54) is 23.0 Å². The van der Waals surface area contributed by atoms with Gasteiger partial charge in [-0.05, 0) is 48.1 Å². The number of amides is 2. The normalized spacial score (nSPS) is 33.7. The summed E-state index contributed by atoms with van der Waals surface area (Å²) in [5, 5.41) is 2.03. The number of nitrogens with one attached hydrogen (secondary N) is 1. The molecule has 3 saturated heterocycles. The number of aryl methyl sites for hydroxylation is 1. The summed E-state index contributed by atoms with van der Waals surface area (Å²) >= 11 is 0.608. The van der Waals surface area contributed by atoms with Gasteiger partial charge in [-0.1, -0.05) is 35.9 Å². The molecule has 0 aliphatic carbocycles. The van der Waals surface area contributed by atoms with Gasteiger partial charge < -0.3 is 24.8 Å². The van der Waals surface area contributed by atoms with Gasteiger partial charge >= 0.3 is 20.6 Å². The van der Waals surface area contributed by atoms with Gasteiger partial charge in [-0.25, -0.2) is 37.7 Å².